The first kappa shape index (κ1) is 14.6. The molecule has 0 aliphatic rings. The summed E-state index contributed by atoms with van der Waals surface area (Å²) >= 11 is 0. The van der Waals surface area contributed by atoms with Crippen LogP contribution in [0.25, 0.3) is 0 Å². The largest absolute Gasteiger partial charge is 0.418 e. The van der Waals surface area contributed by atoms with E-state index in [2.05, 4.69) is 4.74 Å². The monoisotopic (exact) mass is 263 g/mol. The smallest absolute Gasteiger partial charge is 0.380 e. The molecule has 0 saturated heterocycles. The first-order chi connectivity index (χ1) is 8.25. The maximum absolute atomic E-state index is 12.5. The number of nitrogens with two attached hydrogens (primary N) is 1. The standard InChI is InChI=1S/C11H12F3NO3/c1-18-10(15,9(17)11(12,13)14)8-4-2-7(6-16)3-5-8/h2-6,9,17H,15H2,1H3/t9-,10+/m0/s1. The number of alkyl halides is 3. The molecular weight excluding hydrogens is 251 g/mol. The molecule has 0 bridgehead atoms. The predicted octanol–water partition coefficient (Wildman–Crippen LogP) is 1.18. The van der Waals surface area contributed by atoms with Crippen molar-refractivity contribution in [1.82, 2.24) is 0 Å². The highest BCUT2D eigenvalue weighted by Crippen LogP contribution is 2.33. The van der Waals surface area contributed by atoms with Crippen molar-refractivity contribution in [3.63, 3.8) is 0 Å². The Morgan fingerprint density at radius 1 is 1.33 bits per heavy atom. The Balaban J connectivity index is 3.17. The highest BCUT2D eigenvalue weighted by Gasteiger charge is 2.52. The molecule has 0 radical (unpaired) electrons. The van der Waals surface area contributed by atoms with Crippen LogP contribution in [0.2, 0.25) is 0 Å². The molecule has 0 aromatic heterocycles. The molecule has 18 heavy (non-hydrogen) atoms. The fraction of sp³-hybridized carbons (Fsp3) is 0.364. The summed E-state index contributed by atoms with van der Waals surface area (Å²) in [6, 6.07) is 4.96. The summed E-state index contributed by atoms with van der Waals surface area (Å²) in [5, 5.41) is 9.24. The lowest BCUT2D eigenvalue weighted by Crippen LogP contribution is -2.56. The number of carbonyl (C=O) groups is 1. The lowest BCUT2D eigenvalue weighted by atomic mass is 9.96. The molecule has 2 atom stereocenters. The van der Waals surface area contributed by atoms with E-state index < -0.39 is 18.0 Å². The van der Waals surface area contributed by atoms with E-state index in [1.54, 1.807) is 0 Å². The van der Waals surface area contributed by atoms with Crippen LogP contribution in [0.5, 0.6) is 0 Å². The minimum Gasteiger partial charge on any atom is -0.380 e. The summed E-state index contributed by atoms with van der Waals surface area (Å²) in [4.78, 5) is 10.4. The average Bonchev–Trinajstić information content (AvgIpc) is 2.36. The van der Waals surface area contributed by atoms with Crippen molar-refractivity contribution >= 4 is 6.29 Å². The number of methoxy groups -OCH3 is 1. The van der Waals surface area contributed by atoms with Gasteiger partial charge in [-0.05, 0) is 0 Å². The molecule has 4 nitrogen and oxygen atoms in total. The molecule has 0 amide bonds. The quantitative estimate of drug-likeness (QED) is 0.632. The van der Waals surface area contributed by atoms with E-state index in [0.717, 1.165) is 7.11 Å². The van der Waals surface area contributed by atoms with Crippen molar-refractivity contribution in [3.8, 4) is 0 Å². The summed E-state index contributed by atoms with van der Waals surface area (Å²) in [7, 11) is 0.961. The zero-order valence-electron chi connectivity index (χ0n) is 9.44. The number of hydrogen-bond acceptors (Lipinski definition) is 4. The molecule has 0 heterocycles. The topological polar surface area (TPSA) is 72.5 Å². The number of ether oxygens (including phenoxy) is 1. The summed E-state index contributed by atoms with van der Waals surface area (Å²) < 4.78 is 42.1. The third-order valence-corrected chi connectivity index (χ3v) is 2.55. The second-order valence-electron chi connectivity index (χ2n) is 3.68. The summed E-state index contributed by atoms with van der Waals surface area (Å²) in [5.41, 5.74) is 3.24. The van der Waals surface area contributed by atoms with Gasteiger partial charge in [0.15, 0.2) is 11.8 Å². The van der Waals surface area contributed by atoms with Gasteiger partial charge in [0.2, 0.25) is 0 Å². The third kappa shape index (κ3) is 2.69. The maximum atomic E-state index is 12.5. The maximum Gasteiger partial charge on any atom is 0.418 e. The van der Waals surface area contributed by atoms with Crippen LogP contribution < -0.4 is 5.73 Å². The van der Waals surface area contributed by atoms with Gasteiger partial charge in [-0.1, -0.05) is 24.3 Å². The molecule has 0 fully saturated rings. The van der Waals surface area contributed by atoms with Crippen LogP contribution in [-0.4, -0.2) is 30.8 Å². The third-order valence-electron chi connectivity index (χ3n) is 2.55. The number of aliphatic hydroxyl groups excluding tert-OH is 1. The van der Waals surface area contributed by atoms with Gasteiger partial charge in [0, 0.05) is 18.2 Å². The molecule has 0 aliphatic heterocycles. The lowest BCUT2D eigenvalue weighted by Gasteiger charge is -2.34. The van der Waals surface area contributed by atoms with E-state index in [4.69, 9.17) is 5.73 Å². The number of hydrogen-bond donors (Lipinski definition) is 2. The Morgan fingerprint density at radius 3 is 2.17 bits per heavy atom. The molecule has 1 aromatic rings. The molecule has 7 heteroatoms. The highest BCUT2D eigenvalue weighted by molar-refractivity contribution is 5.74. The van der Waals surface area contributed by atoms with E-state index in [0.29, 0.717) is 6.29 Å². The van der Waals surface area contributed by atoms with Crippen molar-refractivity contribution < 1.29 is 27.8 Å². The number of benzene rings is 1. The lowest BCUT2D eigenvalue weighted by molar-refractivity contribution is -0.265. The normalized spacial score (nSPS) is 17.0. The average molecular weight is 263 g/mol. The number of rotatable bonds is 4. The van der Waals surface area contributed by atoms with Crippen LogP contribution in [0, 0.1) is 0 Å². The number of carbonyl (C=O) groups excluding carboxylic acids is 1. The molecule has 3 N–H and O–H groups in total. The SMILES string of the molecule is CO[C@](N)(c1ccc(C=O)cc1)[C@H](O)C(F)(F)F. The summed E-state index contributed by atoms with van der Waals surface area (Å²) in [5.74, 6) is 0. The Labute approximate surface area is 101 Å². The molecule has 0 unspecified atom stereocenters. The molecule has 0 saturated carbocycles. The predicted molar refractivity (Wildman–Crippen MR) is 56.8 cm³/mol. The molecule has 0 aliphatic carbocycles. The van der Waals surface area contributed by atoms with Gasteiger partial charge < -0.3 is 9.84 Å². The van der Waals surface area contributed by atoms with Crippen LogP contribution >= 0.6 is 0 Å². The summed E-state index contributed by atoms with van der Waals surface area (Å²) in [6.07, 6.45) is -7.26. The number of halogens is 3. The van der Waals surface area contributed by atoms with Crippen LogP contribution in [-0.2, 0) is 10.5 Å². The van der Waals surface area contributed by atoms with Gasteiger partial charge in [0.05, 0.1) is 0 Å². The second kappa shape index (κ2) is 5.05. The van der Waals surface area contributed by atoms with Crippen LogP contribution in [0.15, 0.2) is 24.3 Å². The van der Waals surface area contributed by atoms with E-state index in [1.807, 2.05) is 0 Å². The fourth-order valence-electron chi connectivity index (χ4n) is 1.45. The Kier molecular flexibility index (Phi) is 4.10. The van der Waals surface area contributed by atoms with Gasteiger partial charge in [-0.3, -0.25) is 10.5 Å². The van der Waals surface area contributed by atoms with Crippen LogP contribution in [0.1, 0.15) is 15.9 Å². The second-order valence-corrected chi connectivity index (χ2v) is 3.68. The Morgan fingerprint density at radius 2 is 1.83 bits per heavy atom. The molecule has 100 valence electrons. The minimum absolute atomic E-state index is 0.0829. The Hall–Kier alpha value is -1.44. The van der Waals surface area contributed by atoms with Gasteiger partial charge in [-0.2, -0.15) is 13.2 Å². The molecular formula is C11H12F3NO3. The number of aliphatic hydroxyl groups is 1. The molecule has 0 spiro atoms. The first-order valence-electron chi connectivity index (χ1n) is 4.90. The van der Waals surface area contributed by atoms with Crippen LogP contribution in [0.3, 0.4) is 0 Å². The van der Waals surface area contributed by atoms with E-state index in [9.17, 15) is 23.1 Å². The fourth-order valence-corrected chi connectivity index (χ4v) is 1.45. The van der Waals surface area contributed by atoms with Gasteiger partial charge in [-0.25, -0.2) is 0 Å². The summed E-state index contributed by atoms with van der Waals surface area (Å²) in [6.45, 7) is 0. The zero-order chi connectivity index (χ0) is 14.0. The van der Waals surface area contributed by atoms with Crippen molar-refractivity contribution in [3.05, 3.63) is 35.4 Å². The molecule has 1 aromatic carbocycles. The van der Waals surface area contributed by atoms with Crippen molar-refractivity contribution in [1.29, 1.82) is 0 Å². The van der Waals surface area contributed by atoms with Gasteiger partial charge in [0.1, 0.15) is 6.29 Å². The Bertz CT molecular complexity index is 419. The minimum atomic E-state index is -4.92. The van der Waals surface area contributed by atoms with Gasteiger partial charge in [-0.15, -0.1) is 0 Å². The van der Waals surface area contributed by atoms with Crippen LogP contribution in [0.4, 0.5) is 13.2 Å². The van der Waals surface area contributed by atoms with Crippen molar-refractivity contribution in [2.24, 2.45) is 5.73 Å². The van der Waals surface area contributed by atoms with Crippen molar-refractivity contribution in [2.75, 3.05) is 7.11 Å². The van der Waals surface area contributed by atoms with E-state index >= 15 is 0 Å². The first-order valence-corrected chi connectivity index (χ1v) is 4.90. The zero-order valence-corrected chi connectivity index (χ0v) is 9.44. The van der Waals surface area contributed by atoms with Gasteiger partial charge >= 0.3 is 6.18 Å². The van der Waals surface area contributed by atoms with E-state index in [1.165, 1.54) is 24.3 Å². The van der Waals surface area contributed by atoms with E-state index in [-0.39, 0.29) is 11.1 Å². The highest BCUT2D eigenvalue weighted by atomic mass is 19.4. The van der Waals surface area contributed by atoms with Crippen molar-refractivity contribution in [2.45, 2.75) is 18.0 Å². The van der Waals surface area contributed by atoms with Gasteiger partial charge in [0.25, 0.3) is 0 Å². The number of aldehydes is 1. The molecule has 1 rings (SSSR count).